The average Bonchev–Trinajstić information content (AvgIpc) is 2.48. The Bertz CT molecular complexity index is 587. The Balaban J connectivity index is 2.21. The SMILES string of the molecule is CCCOC1CCCN(S(=O)(=O)c2cccc(N)c2C)C1. The van der Waals surface area contributed by atoms with Crippen LogP contribution in [-0.2, 0) is 14.8 Å². The number of anilines is 1. The van der Waals surface area contributed by atoms with Crippen molar-refractivity contribution in [1.29, 1.82) is 0 Å². The Morgan fingerprint density at radius 1 is 1.43 bits per heavy atom. The van der Waals surface area contributed by atoms with E-state index in [2.05, 4.69) is 0 Å². The molecule has 1 atom stereocenters. The van der Waals surface area contributed by atoms with Crippen molar-refractivity contribution < 1.29 is 13.2 Å². The van der Waals surface area contributed by atoms with Crippen molar-refractivity contribution >= 4 is 15.7 Å². The molecule has 0 saturated carbocycles. The van der Waals surface area contributed by atoms with Gasteiger partial charge in [0, 0.05) is 25.4 Å². The molecule has 1 aliphatic rings. The second-order valence-corrected chi connectivity index (χ2v) is 7.37. The van der Waals surface area contributed by atoms with E-state index in [1.165, 1.54) is 4.31 Å². The molecule has 21 heavy (non-hydrogen) atoms. The van der Waals surface area contributed by atoms with Crippen LogP contribution >= 0.6 is 0 Å². The summed E-state index contributed by atoms with van der Waals surface area (Å²) in [5.41, 5.74) is 6.96. The summed E-state index contributed by atoms with van der Waals surface area (Å²) in [5, 5.41) is 0. The zero-order chi connectivity index (χ0) is 15.5. The minimum atomic E-state index is -3.50. The van der Waals surface area contributed by atoms with Gasteiger partial charge in [-0.15, -0.1) is 0 Å². The molecule has 0 bridgehead atoms. The molecule has 2 N–H and O–H groups in total. The fraction of sp³-hybridized carbons (Fsp3) is 0.600. The molecule has 6 heteroatoms. The largest absolute Gasteiger partial charge is 0.398 e. The van der Waals surface area contributed by atoms with Crippen molar-refractivity contribution in [2.24, 2.45) is 0 Å². The highest BCUT2D eigenvalue weighted by atomic mass is 32.2. The Morgan fingerprint density at radius 3 is 2.90 bits per heavy atom. The number of sulfonamides is 1. The van der Waals surface area contributed by atoms with E-state index in [9.17, 15) is 8.42 Å². The maximum atomic E-state index is 12.8. The van der Waals surface area contributed by atoms with E-state index in [0.717, 1.165) is 19.3 Å². The Kier molecular flexibility index (Phi) is 5.24. The third kappa shape index (κ3) is 3.56. The Hall–Kier alpha value is -1.11. The fourth-order valence-corrected chi connectivity index (χ4v) is 4.36. The molecular formula is C15H24N2O3S. The molecule has 0 spiro atoms. The maximum Gasteiger partial charge on any atom is 0.243 e. The lowest BCUT2D eigenvalue weighted by atomic mass is 10.1. The molecule has 1 fully saturated rings. The third-order valence-corrected chi connectivity index (χ3v) is 5.85. The monoisotopic (exact) mass is 312 g/mol. The van der Waals surface area contributed by atoms with Crippen molar-refractivity contribution in [3.8, 4) is 0 Å². The van der Waals surface area contributed by atoms with Crippen LogP contribution in [0.2, 0.25) is 0 Å². The molecule has 2 rings (SSSR count). The van der Waals surface area contributed by atoms with Crippen LogP contribution in [0.1, 0.15) is 31.7 Å². The summed E-state index contributed by atoms with van der Waals surface area (Å²) in [5.74, 6) is 0. The van der Waals surface area contributed by atoms with Crippen molar-refractivity contribution in [3.05, 3.63) is 23.8 Å². The maximum absolute atomic E-state index is 12.8. The molecule has 1 heterocycles. The number of hydrogen-bond acceptors (Lipinski definition) is 4. The second-order valence-electron chi connectivity index (χ2n) is 5.47. The second kappa shape index (κ2) is 6.77. The van der Waals surface area contributed by atoms with Crippen LogP contribution in [0.5, 0.6) is 0 Å². The molecule has 0 aliphatic carbocycles. The number of rotatable bonds is 5. The van der Waals surface area contributed by atoms with Gasteiger partial charge < -0.3 is 10.5 Å². The number of nitrogens with two attached hydrogens (primary N) is 1. The van der Waals surface area contributed by atoms with Gasteiger partial charge in [0.1, 0.15) is 0 Å². The average molecular weight is 312 g/mol. The van der Waals surface area contributed by atoms with Crippen LogP contribution in [0.3, 0.4) is 0 Å². The van der Waals surface area contributed by atoms with Crippen molar-refractivity contribution in [2.75, 3.05) is 25.4 Å². The minimum absolute atomic E-state index is 0.00478. The number of ether oxygens (including phenoxy) is 1. The normalized spacial score (nSPS) is 20.6. The molecule has 0 aromatic heterocycles. The lowest BCUT2D eigenvalue weighted by Gasteiger charge is -2.32. The van der Waals surface area contributed by atoms with Gasteiger partial charge in [-0.2, -0.15) is 4.31 Å². The standard InChI is InChI=1S/C15H24N2O3S/c1-3-10-20-13-6-5-9-17(11-13)21(18,19)15-8-4-7-14(16)12(15)2/h4,7-8,13H,3,5-6,9-11,16H2,1-2H3. The topological polar surface area (TPSA) is 72.6 Å². The molecular weight excluding hydrogens is 288 g/mol. The van der Waals surface area contributed by atoms with Gasteiger partial charge in [-0.1, -0.05) is 13.0 Å². The van der Waals surface area contributed by atoms with Gasteiger partial charge in [0.25, 0.3) is 0 Å². The van der Waals surface area contributed by atoms with Gasteiger partial charge in [0.05, 0.1) is 11.0 Å². The van der Waals surface area contributed by atoms with Crippen LogP contribution in [0.15, 0.2) is 23.1 Å². The molecule has 118 valence electrons. The zero-order valence-corrected chi connectivity index (χ0v) is 13.5. The van der Waals surface area contributed by atoms with Crippen LogP contribution in [0.25, 0.3) is 0 Å². The number of hydrogen-bond donors (Lipinski definition) is 1. The van der Waals surface area contributed by atoms with E-state index < -0.39 is 10.0 Å². The Morgan fingerprint density at radius 2 is 2.19 bits per heavy atom. The van der Waals surface area contributed by atoms with Crippen molar-refractivity contribution in [1.82, 2.24) is 4.31 Å². The van der Waals surface area contributed by atoms with Gasteiger partial charge >= 0.3 is 0 Å². The first kappa shape index (κ1) is 16.3. The summed E-state index contributed by atoms with van der Waals surface area (Å²) < 4.78 is 32.8. The van der Waals surface area contributed by atoms with Gasteiger partial charge in [-0.3, -0.25) is 0 Å². The lowest BCUT2D eigenvalue weighted by Crippen LogP contribution is -2.43. The summed E-state index contributed by atoms with van der Waals surface area (Å²) >= 11 is 0. The molecule has 1 aromatic rings. The highest BCUT2D eigenvalue weighted by Gasteiger charge is 2.31. The lowest BCUT2D eigenvalue weighted by molar-refractivity contribution is 0.0193. The first-order valence-corrected chi connectivity index (χ1v) is 8.87. The molecule has 0 amide bonds. The molecule has 1 unspecified atom stereocenters. The predicted octanol–water partition coefficient (Wildman–Crippen LogP) is 2.16. The molecule has 1 saturated heterocycles. The first-order chi connectivity index (χ1) is 9.96. The van der Waals surface area contributed by atoms with Crippen LogP contribution in [-0.4, -0.2) is 38.5 Å². The van der Waals surface area contributed by atoms with Crippen molar-refractivity contribution in [2.45, 2.75) is 44.1 Å². The summed E-state index contributed by atoms with van der Waals surface area (Å²) in [6, 6.07) is 5.03. The number of benzene rings is 1. The van der Waals surface area contributed by atoms with Crippen LogP contribution in [0.4, 0.5) is 5.69 Å². The predicted molar refractivity (Wildman–Crippen MR) is 83.6 cm³/mol. The van der Waals surface area contributed by atoms with Gasteiger partial charge in [-0.05, 0) is 43.9 Å². The van der Waals surface area contributed by atoms with Crippen molar-refractivity contribution in [3.63, 3.8) is 0 Å². The van der Waals surface area contributed by atoms with E-state index in [4.69, 9.17) is 10.5 Å². The molecule has 1 aromatic carbocycles. The van der Waals surface area contributed by atoms with Crippen LogP contribution in [0, 0.1) is 6.92 Å². The number of nitrogens with zero attached hydrogens (tertiary/aromatic N) is 1. The Labute approximate surface area is 127 Å². The third-order valence-electron chi connectivity index (χ3n) is 3.84. The number of nitrogen functional groups attached to an aromatic ring is 1. The van der Waals surface area contributed by atoms with Gasteiger partial charge in [0.2, 0.25) is 10.0 Å². The highest BCUT2D eigenvalue weighted by molar-refractivity contribution is 7.89. The molecule has 5 nitrogen and oxygen atoms in total. The van der Waals surface area contributed by atoms with E-state index in [-0.39, 0.29) is 6.10 Å². The van der Waals surface area contributed by atoms with E-state index >= 15 is 0 Å². The minimum Gasteiger partial charge on any atom is -0.398 e. The number of piperidine rings is 1. The smallest absolute Gasteiger partial charge is 0.243 e. The summed E-state index contributed by atoms with van der Waals surface area (Å²) in [7, 11) is -3.50. The van der Waals surface area contributed by atoms with E-state index in [1.54, 1.807) is 25.1 Å². The summed E-state index contributed by atoms with van der Waals surface area (Å²) in [4.78, 5) is 0.304. The summed E-state index contributed by atoms with van der Waals surface area (Å²) in [6.07, 6.45) is 2.68. The fourth-order valence-electron chi connectivity index (χ4n) is 2.59. The highest BCUT2D eigenvalue weighted by Crippen LogP contribution is 2.26. The van der Waals surface area contributed by atoms with Gasteiger partial charge in [-0.25, -0.2) is 8.42 Å². The molecule has 1 aliphatic heterocycles. The van der Waals surface area contributed by atoms with Crippen LogP contribution < -0.4 is 5.73 Å². The molecule has 0 radical (unpaired) electrons. The summed E-state index contributed by atoms with van der Waals surface area (Å²) in [6.45, 7) is 5.44. The van der Waals surface area contributed by atoms with Gasteiger partial charge in [0.15, 0.2) is 0 Å². The quantitative estimate of drug-likeness (QED) is 0.846. The van der Waals surface area contributed by atoms with E-state index in [1.807, 2.05) is 6.92 Å². The zero-order valence-electron chi connectivity index (χ0n) is 12.7. The van der Waals surface area contributed by atoms with E-state index in [0.29, 0.717) is 35.8 Å². The first-order valence-electron chi connectivity index (χ1n) is 7.43.